The van der Waals surface area contributed by atoms with Crippen LogP contribution in [0.4, 0.5) is 5.69 Å². The largest absolute Gasteiger partial charge is 0.484 e. The third-order valence-electron chi connectivity index (χ3n) is 2.69. The van der Waals surface area contributed by atoms with Crippen molar-refractivity contribution in [1.82, 2.24) is 0 Å². The zero-order valence-corrected chi connectivity index (χ0v) is 11.1. The normalized spacial score (nSPS) is 10.0. The topological polar surface area (TPSA) is 38.3 Å². The quantitative estimate of drug-likeness (QED) is 0.910. The number of carbonyl (C=O) groups excluding carboxylic acids is 1. The lowest BCUT2D eigenvalue weighted by molar-refractivity contribution is -0.118. The number of anilines is 1. The van der Waals surface area contributed by atoms with Crippen LogP contribution in [0.1, 0.15) is 11.1 Å². The monoisotopic (exact) mass is 255 g/mol. The van der Waals surface area contributed by atoms with E-state index in [9.17, 15) is 4.79 Å². The molecule has 3 nitrogen and oxygen atoms in total. The van der Waals surface area contributed by atoms with Crippen molar-refractivity contribution in [2.45, 2.75) is 13.8 Å². The molecule has 0 saturated carbocycles. The van der Waals surface area contributed by atoms with Crippen LogP contribution in [0.15, 0.2) is 48.5 Å². The van der Waals surface area contributed by atoms with E-state index in [0.717, 1.165) is 16.8 Å². The number of carbonyl (C=O) groups is 1. The van der Waals surface area contributed by atoms with Gasteiger partial charge in [-0.05, 0) is 43.7 Å². The first-order chi connectivity index (χ1) is 9.13. The molecule has 0 unspecified atom stereocenters. The van der Waals surface area contributed by atoms with Crippen LogP contribution < -0.4 is 10.1 Å². The van der Waals surface area contributed by atoms with E-state index < -0.39 is 0 Å². The Kier molecular flexibility index (Phi) is 4.18. The lowest BCUT2D eigenvalue weighted by atomic mass is 10.2. The Labute approximate surface area is 113 Å². The summed E-state index contributed by atoms with van der Waals surface area (Å²) in [6.45, 7) is 4.00. The fraction of sp³-hybridized carbons (Fsp3) is 0.188. The van der Waals surface area contributed by atoms with Gasteiger partial charge in [0.15, 0.2) is 6.61 Å². The van der Waals surface area contributed by atoms with E-state index in [1.54, 1.807) is 0 Å². The lowest BCUT2D eigenvalue weighted by Gasteiger charge is -2.08. The third kappa shape index (κ3) is 4.14. The summed E-state index contributed by atoms with van der Waals surface area (Å²) in [4.78, 5) is 11.7. The Morgan fingerprint density at radius 3 is 2.47 bits per heavy atom. The zero-order valence-electron chi connectivity index (χ0n) is 11.1. The summed E-state index contributed by atoms with van der Waals surface area (Å²) in [6, 6.07) is 15.3. The maximum absolute atomic E-state index is 11.7. The second kappa shape index (κ2) is 6.05. The van der Waals surface area contributed by atoms with Crippen LogP contribution in [0.2, 0.25) is 0 Å². The summed E-state index contributed by atoms with van der Waals surface area (Å²) in [5.41, 5.74) is 3.06. The second-order valence-corrected chi connectivity index (χ2v) is 4.52. The van der Waals surface area contributed by atoms with Crippen molar-refractivity contribution in [2.24, 2.45) is 0 Å². The van der Waals surface area contributed by atoms with Gasteiger partial charge in [-0.1, -0.05) is 29.8 Å². The summed E-state index contributed by atoms with van der Waals surface area (Å²) in [6.07, 6.45) is 0. The number of benzene rings is 2. The zero-order chi connectivity index (χ0) is 13.7. The molecule has 0 bridgehead atoms. The van der Waals surface area contributed by atoms with Gasteiger partial charge in [-0.25, -0.2) is 0 Å². The Morgan fingerprint density at radius 1 is 1.05 bits per heavy atom. The van der Waals surface area contributed by atoms with Crippen LogP contribution in [-0.2, 0) is 4.79 Å². The summed E-state index contributed by atoms with van der Waals surface area (Å²) in [5, 5.41) is 2.80. The Morgan fingerprint density at radius 2 is 1.79 bits per heavy atom. The average molecular weight is 255 g/mol. The van der Waals surface area contributed by atoms with Gasteiger partial charge in [-0.15, -0.1) is 0 Å². The molecule has 0 aromatic heterocycles. The lowest BCUT2D eigenvalue weighted by Crippen LogP contribution is -2.20. The van der Waals surface area contributed by atoms with Gasteiger partial charge in [0.1, 0.15) is 5.75 Å². The van der Waals surface area contributed by atoms with Crippen molar-refractivity contribution in [1.29, 1.82) is 0 Å². The number of hydrogen-bond donors (Lipinski definition) is 1. The van der Waals surface area contributed by atoms with E-state index in [2.05, 4.69) is 5.32 Å². The van der Waals surface area contributed by atoms with Crippen molar-refractivity contribution < 1.29 is 9.53 Å². The van der Waals surface area contributed by atoms with Crippen molar-refractivity contribution in [2.75, 3.05) is 11.9 Å². The first kappa shape index (κ1) is 13.1. The summed E-state index contributed by atoms with van der Waals surface area (Å²) >= 11 is 0. The highest BCUT2D eigenvalue weighted by molar-refractivity contribution is 5.91. The average Bonchev–Trinajstić information content (AvgIpc) is 2.38. The summed E-state index contributed by atoms with van der Waals surface area (Å²) in [5.74, 6) is 0.538. The number of amides is 1. The first-order valence-corrected chi connectivity index (χ1v) is 6.19. The van der Waals surface area contributed by atoms with Gasteiger partial charge in [0.2, 0.25) is 0 Å². The van der Waals surface area contributed by atoms with E-state index in [4.69, 9.17) is 4.74 Å². The highest BCUT2D eigenvalue weighted by Crippen LogP contribution is 2.12. The fourth-order valence-corrected chi connectivity index (χ4v) is 1.70. The van der Waals surface area contributed by atoms with Gasteiger partial charge in [0.05, 0.1) is 0 Å². The number of aryl methyl sites for hydroxylation is 2. The standard InChI is InChI=1S/C16H17NO2/c1-12-6-8-15(9-7-12)19-11-16(18)17-14-5-3-4-13(2)10-14/h3-10H,11H2,1-2H3,(H,17,18). The molecule has 0 aliphatic rings. The Bertz CT molecular complexity index is 561. The van der Waals surface area contributed by atoms with Crippen molar-refractivity contribution in [3.05, 3.63) is 59.7 Å². The molecule has 0 spiro atoms. The molecule has 19 heavy (non-hydrogen) atoms. The molecule has 2 aromatic rings. The van der Waals surface area contributed by atoms with Crippen LogP contribution in [-0.4, -0.2) is 12.5 Å². The molecule has 1 amide bonds. The highest BCUT2D eigenvalue weighted by Gasteiger charge is 2.03. The molecule has 0 saturated heterocycles. The summed E-state index contributed by atoms with van der Waals surface area (Å²) in [7, 11) is 0. The number of ether oxygens (including phenoxy) is 1. The molecule has 0 atom stereocenters. The van der Waals surface area contributed by atoms with Gasteiger partial charge < -0.3 is 10.1 Å². The van der Waals surface area contributed by atoms with E-state index in [1.165, 1.54) is 0 Å². The van der Waals surface area contributed by atoms with Gasteiger partial charge in [-0.2, -0.15) is 0 Å². The van der Waals surface area contributed by atoms with E-state index in [1.807, 2.05) is 62.4 Å². The molecule has 0 heterocycles. The van der Waals surface area contributed by atoms with Crippen molar-refractivity contribution >= 4 is 11.6 Å². The molecule has 2 rings (SSSR count). The molecule has 1 N–H and O–H groups in total. The third-order valence-corrected chi connectivity index (χ3v) is 2.69. The molecule has 98 valence electrons. The minimum atomic E-state index is -0.161. The molecule has 3 heteroatoms. The molecule has 0 aliphatic heterocycles. The van der Waals surface area contributed by atoms with Gasteiger partial charge >= 0.3 is 0 Å². The smallest absolute Gasteiger partial charge is 0.262 e. The molecule has 0 fully saturated rings. The van der Waals surface area contributed by atoms with Crippen LogP contribution >= 0.6 is 0 Å². The molecular formula is C16H17NO2. The maximum atomic E-state index is 11.7. The van der Waals surface area contributed by atoms with E-state index in [0.29, 0.717) is 5.75 Å². The van der Waals surface area contributed by atoms with E-state index >= 15 is 0 Å². The maximum Gasteiger partial charge on any atom is 0.262 e. The highest BCUT2D eigenvalue weighted by atomic mass is 16.5. The van der Waals surface area contributed by atoms with Crippen molar-refractivity contribution in [3.8, 4) is 5.75 Å². The minimum Gasteiger partial charge on any atom is -0.484 e. The van der Waals surface area contributed by atoms with Crippen LogP contribution in [0.5, 0.6) is 5.75 Å². The van der Waals surface area contributed by atoms with Gasteiger partial charge in [0.25, 0.3) is 5.91 Å². The summed E-state index contributed by atoms with van der Waals surface area (Å²) < 4.78 is 5.41. The molecule has 2 aromatic carbocycles. The Hall–Kier alpha value is -2.29. The number of hydrogen-bond acceptors (Lipinski definition) is 2. The first-order valence-electron chi connectivity index (χ1n) is 6.19. The predicted octanol–water partition coefficient (Wildman–Crippen LogP) is 3.32. The SMILES string of the molecule is Cc1ccc(OCC(=O)Nc2cccc(C)c2)cc1. The van der Waals surface area contributed by atoms with Gasteiger partial charge in [0, 0.05) is 5.69 Å². The van der Waals surface area contributed by atoms with E-state index in [-0.39, 0.29) is 12.5 Å². The second-order valence-electron chi connectivity index (χ2n) is 4.52. The van der Waals surface area contributed by atoms with Crippen LogP contribution in [0, 0.1) is 13.8 Å². The molecule has 0 aliphatic carbocycles. The van der Waals surface area contributed by atoms with Crippen molar-refractivity contribution in [3.63, 3.8) is 0 Å². The molecular weight excluding hydrogens is 238 g/mol. The fourth-order valence-electron chi connectivity index (χ4n) is 1.70. The Balaban J connectivity index is 1.86. The van der Waals surface area contributed by atoms with Crippen LogP contribution in [0.25, 0.3) is 0 Å². The van der Waals surface area contributed by atoms with Crippen LogP contribution in [0.3, 0.4) is 0 Å². The minimum absolute atomic E-state index is 0.0109. The molecule has 0 radical (unpaired) electrons. The van der Waals surface area contributed by atoms with Gasteiger partial charge in [-0.3, -0.25) is 4.79 Å². The number of nitrogens with one attached hydrogen (secondary N) is 1. The number of rotatable bonds is 4. The predicted molar refractivity (Wildman–Crippen MR) is 76.5 cm³/mol.